The number of carbonyl (C=O) groups excluding carboxylic acids is 1. The van der Waals surface area contributed by atoms with E-state index in [1.54, 1.807) is 0 Å². The molecule has 0 aromatic carbocycles. The zero-order valence-corrected chi connectivity index (χ0v) is 12.6. The van der Waals surface area contributed by atoms with Crippen molar-refractivity contribution in [3.05, 3.63) is 10.1 Å². The molecule has 1 saturated heterocycles. The SMILES string of the molecule is CN1CCC(C(=O)NC2CCC(CO[N+](=O)[O-])CC2)CC1. The Balaban J connectivity index is 1.66. The molecule has 2 rings (SSSR count). The average molecular weight is 299 g/mol. The topological polar surface area (TPSA) is 84.7 Å². The molecule has 2 fully saturated rings. The molecule has 0 radical (unpaired) electrons. The summed E-state index contributed by atoms with van der Waals surface area (Å²) in [5, 5.41) is 12.6. The predicted octanol–water partition coefficient (Wildman–Crippen LogP) is 1.21. The van der Waals surface area contributed by atoms with Crippen LogP contribution in [0.4, 0.5) is 0 Å². The Morgan fingerprint density at radius 1 is 1.24 bits per heavy atom. The minimum atomic E-state index is -0.728. The first-order valence-corrected chi connectivity index (χ1v) is 7.81. The van der Waals surface area contributed by atoms with Gasteiger partial charge in [-0.2, -0.15) is 0 Å². The summed E-state index contributed by atoms with van der Waals surface area (Å²) in [4.78, 5) is 29.1. The lowest BCUT2D eigenvalue weighted by Gasteiger charge is -2.32. The molecule has 1 N–H and O–H groups in total. The number of nitrogens with one attached hydrogen (secondary N) is 1. The lowest BCUT2D eigenvalue weighted by atomic mass is 9.86. The van der Waals surface area contributed by atoms with E-state index in [-0.39, 0.29) is 30.4 Å². The highest BCUT2D eigenvalue weighted by molar-refractivity contribution is 5.79. The molecule has 0 spiro atoms. The van der Waals surface area contributed by atoms with Gasteiger partial charge in [0.05, 0.1) is 6.61 Å². The monoisotopic (exact) mass is 299 g/mol. The minimum absolute atomic E-state index is 0.150. The second kappa shape index (κ2) is 7.59. The van der Waals surface area contributed by atoms with Crippen molar-refractivity contribution in [1.29, 1.82) is 0 Å². The maximum absolute atomic E-state index is 12.2. The molecule has 21 heavy (non-hydrogen) atoms. The molecule has 1 aliphatic carbocycles. The molecule has 0 unspecified atom stereocenters. The van der Waals surface area contributed by atoms with Crippen LogP contribution >= 0.6 is 0 Å². The van der Waals surface area contributed by atoms with Crippen molar-refractivity contribution in [3.8, 4) is 0 Å². The van der Waals surface area contributed by atoms with Crippen molar-refractivity contribution in [3.63, 3.8) is 0 Å². The largest absolute Gasteiger partial charge is 0.353 e. The second-order valence-corrected chi connectivity index (χ2v) is 6.32. The molecule has 0 bridgehead atoms. The Bertz CT molecular complexity index is 361. The summed E-state index contributed by atoms with van der Waals surface area (Å²) in [6.45, 7) is 2.16. The van der Waals surface area contributed by atoms with Gasteiger partial charge in [0.2, 0.25) is 5.91 Å². The number of hydrogen-bond donors (Lipinski definition) is 1. The van der Waals surface area contributed by atoms with Crippen LogP contribution in [0.25, 0.3) is 0 Å². The lowest BCUT2D eigenvalue weighted by molar-refractivity contribution is -0.759. The number of rotatable bonds is 5. The normalized spacial score (nSPS) is 28.0. The van der Waals surface area contributed by atoms with Gasteiger partial charge in [0, 0.05) is 12.0 Å². The third-order valence-corrected chi connectivity index (χ3v) is 4.70. The maximum Gasteiger partial charge on any atom is 0.294 e. The summed E-state index contributed by atoms with van der Waals surface area (Å²) in [6.07, 6.45) is 5.43. The second-order valence-electron chi connectivity index (χ2n) is 6.32. The first kappa shape index (κ1) is 16.0. The molecule has 120 valence electrons. The number of hydrogen-bond acceptors (Lipinski definition) is 5. The molecule has 7 heteroatoms. The fourth-order valence-corrected chi connectivity index (χ4v) is 3.23. The van der Waals surface area contributed by atoms with Gasteiger partial charge in [-0.3, -0.25) is 4.79 Å². The molecule has 2 aliphatic rings. The highest BCUT2D eigenvalue weighted by Crippen LogP contribution is 2.25. The molecule has 0 aromatic rings. The van der Waals surface area contributed by atoms with Crippen LogP contribution < -0.4 is 5.32 Å². The molecule has 0 aromatic heterocycles. The third-order valence-electron chi connectivity index (χ3n) is 4.70. The summed E-state index contributed by atoms with van der Waals surface area (Å²) in [6, 6.07) is 0.226. The fourth-order valence-electron chi connectivity index (χ4n) is 3.23. The zero-order valence-electron chi connectivity index (χ0n) is 12.6. The van der Waals surface area contributed by atoms with E-state index in [0.29, 0.717) is 0 Å². The summed E-state index contributed by atoms with van der Waals surface area (Å²) in [5.41, 5.74) is 0. The van der Waals surface area contributed by atoms with Crippen molar-refractivity contribution in [2.24, 2.45) is 11.8 Å². The van der Waals surface area contributed by atoms with Crippen LogP contribution in [0.1, 0.15) is 38.5 Å². The van der Waals surface area contributed by atoms with Gasteiger partial charge < -0.3 is 15.1 Å². The minimum Gasteiger partial charge on any atom is -0.353 e. The molecule has 1 saturated carbocycles. The summed E-state index contributed by atoms with van der Waals surface area (Å²) >= 11 is 0. The van der Waals surface area contributed by atoms with Gasteiger partial charge in [0.15, 0.2) is 0 Å². The molecule has 0 atom stereocenters. The third kappa shape index (κ3) is 5.15. The van der Waals surface area contributed by atoms with Gasteiger partial charge in [-0.15, -0.1) is 10.1 Å². The number of nitrogens with zero attached hydrogens (tertiary/aromatic N) is 2. The summed E-state index contributed by atoms with van der Waals surface area (Å²) in [5.74, 6) is 0.580. The molecular weight excluding hydrogens is 274 g/mol. The Morgan fingerprint density at radius 3 is 2.43 bits per heavy atom. The van der Waals surface area contributed by atoms with Crippen LogP contribution in [0.2, 0.25) is 0 Å². The van der Waals surface area contributed by atoms with Crippen molar-refractivity contribution in [1.82, 2.24) is 10.2 Å². The number of piperidine rings is 1. The number of amides is 1. The maximum atomic E-state index is 12.2. The first-order valence-electron chi connectivity index (χ1n) is 7.81. The van der Waals surface area contributed by atoms with Gasteiger partial charge in [-0.1, -0.05) is 0 Å². The Hall–Kier alpha value is -1.37. The van der Waals surface area contributed by atoms with Gasteiger partial charge in [-0.05, 0) is 64.6 Å². The smallest absolute Gasteiger partial charge is 0.294 e. The van der Waals surface area contributed by atoms with Crippen LogP contribution in [-0.4, -0.2) is 48.7 Å². The van der Waals surface area contributed by atoms with E-state index >= 15 is 0 Å². The number of carbonyl (C=O) groups is 1. The molecule has 1 aliphatic heterocycles. The predicted molar refractivity (Wildman–Crippen MR) is 77.1 cm³/mol. The van der Waals surface area contributed by atoms with E-state index in [1.165, 1.54) is 0 Å². The standard InChI is InChI=1S/C14H25N3O4/c1-16-8-6-12(7-9-16)14(18)15-13-4-2-11(3-5-13)10-21-17(19)20/h11-13H,2-10H2,1H3,(H,15,18). The van der Waals surface area contributed by atoms with Gasteiger partial charge in [-0.25, -0.2) is 0 Å². The van der Waals surface area contributed by atoms with Crippen molar-refractivity contribution in [2.45, 2.75) is 44.6 Å². The first-order chi connectivity index (χ1) is 10.0. The van der Waals surface area contributed by atoms with Crippen molar-refractivity contribution < 1.29 is 14.7 Å². The Morgan fingerprint density at radius 2 is 1.86 bits per heavy atom. The highest BCUT2D eigenvalue weighted by atomic mass is 16.9. The van der Waals surface area contributed by atoms with Crippen LogP contribution in [0, 0.1) is 22.0 Å². The zero-order chi connectivity index (χ0) is 15.2. The number of likely N-dealkylation sites (tertiary alicyclic amines) is 1. The summed E-state index contributed by atoms with van der Waals surface area (Å²) in [7, 11) is 2.09. The highest BCUT2D eigenvalue weighted by Gasteiger charge is 2.27. The van der Waals surface area contributed by atoms with Crippen molar-refractivity contribution in [2.75, 3.05) is 26.7 Å². The summed E-state index contributed by atoms with van der Waals surface area (Å²) < 4.78 is 0. The molecular formula is C14H25N3O4. The Labute approximate surface area is 125 Å². The van der Waals surface area contributed by atoms with E-state index in [0.717, 1.165) is 51.6 Å². The van der Waals surface area contributed by atoms with Crippen LogP contribution in [0.3, 0.4) is 0 Å². The van der Waals surface area contributed by atoms with E-state index in [1.807, 2.05) is 0 Å². The van der Waals surface area contributed by atoms with Gasteiger partial charge in [0.1, 0.15) is 0 Å². The van der Waals surface area contributed by atoms with Crippen LogP contribution in [0.15, 0.2) is 0 Å². The van der Waals surface area contributed by atoms with Gasteiger partial charge in [0.25, 0.3) is 5.09 Å². The van der Waals surface area contributed by atoms with E-state index in [9.17, 15) is 14.9 Å². The molecule has 1 amide bonds. The van der Waals surface area contributed by atoms with Crippen LogP contribution in [0.5, 0.6) is 0 Å². The van der Waals surface area contributed by atoms with E-state index in [2.05, 4.69) is 22.1 Å². The molecule has 7 nitrogen and oxygen atoms in total. The van der Waals surface area contributed by atoms with E-state index in [4.69, 9.17) is 0 Å². The van der Waals surface area contributed by atoms with Gasteiger partial charge >= 0.3 is 0 Å². The fraction of sp³-hybridized carbons (Fsp3) is 0.929. The average Bonchev–Trinajstić information content (AvgIpc) is 2.47. The van der Waals surface area contributed by atoms with Crippen molar-refractivity contribution >= 4 is 5.91 Å². The van der Waals surface area contributed by atoms with Crippen LogP contribution in [-0.2, 0) is 9.63 Å². The lowest BCUT2D eigenvalue weighted by Crippen LogP contribution is -2.44. The Kier molecular flexibility index (Phi) is 5.78. The quantitative estimate of drug-likeness (QED) is 0.609. The molecule has 1 heterocycles. The van der Waals surface area contributed by atoms with E-state index < -0.39 is 5.09 Å².